The van der Waals surface area contributed by atoms with Gasteiger partial charge in [-0.3, -0.25) is 24.1 Å². The summed E-state index contributed by atoms with van der Waals surface area (Å²) in [5, 5.41) is 21.2. The van der Waals surface area contributed by atoms with Crippen LogP contribution in [0.15, 0.2) is 0 Å². The predicted molar refractivity (Wildman–Crippen MR) is 236 cm³/mol. The number of nitrogens with two attached hydrogens (primary N) is 3. The SMILES string of the molecule is CC(C)C1CCCC1.CC(C)C1CNC1.CC(C)N1CC(N)C(F)C1.CC(C)N1CC(O)[C@H](N)C1.CC(C)N1CC(OP(=O)(O)O)C1.CC(C)N1C[C@@H](N)[C@H](C#N)C1. The molecule has 0 aromatic carbocycles. The molecule has 3 unspecified atom stereocenters. The quantitative estimate of drug-likeness (QED) is 0.173. The first kappa shape index (κ1) is 55.2. The van der Waals surface area contributed by atoms with Crippen molar-refractivity contribution in [3.63, 3.8) is 0 Å². The Morgan fingerprint density at radius 3 is 1.29 bits per heavy atom. The van der Waals surface area contributed by atoms with Crippen molar-refractivity contribution in [3.8, 4) is 6.07 Å². The minimum Gasteiger partial charge on any atom is -0.390 e. The fourth-order valence-corrected chi connectivity index (χ4v) is 8.00. The standard InChI is InChI=1S/C8H15N3.C8H16.C7H15FN2.C7H16N2O.C6H14NO4P.C6H13N/c1-6(2)11-4-7(3-9)8(10)5-11;1-7(2)8-5-3-4-6-8;1-5(2)10-3-6(8)7(9)4-10;1-5(2)9-3-6(8)7(10)4-9;1-5(2)7-3-6(4-7)11-12(8,9)10;1-5(2)6-3-7-4-6/h6-8H,4-5,10H2,1-2H3;7-8H,3-6H2,1-2H3;5-7H,3-4,9H2,1-2H3;5-7,10H,3-4,8H2,1-2H3;5-6H,3-4H2,1-2H3,(H2,8,9,10);5-7H,3-4H2,1-2H3/t7-,8-;;;6-,7?;;/m1..1../s1. The maximum atomic E-state index is 12.8. The summed E-state index contributed by atoms with van der Waals surface area (Å²) >= 11 is 0. The number of phosphoric ester groups is 1. The van der Waals surface area contributed by atoms with E-state index in [1.54, 1.807) is 0 Å². The van der Waals surface area contributed by atoms with Gasteiger partial charge in [0.2, 0.25) is 0 Å². The molecule has 0 aromatic rings. The molecule has 58 heavy (non-hydrogen) atoms. The number of nitrogens with one attached hydrogen (secondary N) is 1. The van der Waals surface area contributed by atoms with Crippen LogP contribution in [0.25, 0.3) is 0 Å². The topological polar surface area (TPSA) is 214 Å². The maximum absolute atomic E-state index is 12.8. The van der Waals surface area contributed by atoms with Crippen molar-refractivity contribution in [1.82, 2.24) is 24.9 Å². The number of hydrogen-bond acceptors (Lipinski definition) is 12. The van der Waals surface area contributed by atoms with Gasteiger partial charge in [-0.05, 0) is 92.2 Å². The lowest BCUT2D eigenvalue weighted by molar-refractivity contribution is -0.0154. The Morgan fingerprint density at radius 1 is 0.655 bits per heavy atom. The molecule has 0 amide bonds. The van der Waals surface area contributed by atoms with Crippen LogP contribution >= 0.6 is 7.82 Å². The molecule has 6 rings (SSSR count). The Hall–Kier alpha value is -0.830. The maximum Gasteiger partial charge on any atom is 0.469 e. The molecule has 1 saturated carbocycles. The van der Waals surface area contributed by atoms with E-state index in [1.165, 1.54) is 38.8 Å². The highest BCUT2D eigenvalue weighted by molar-refractivity contribution is 7.46. The molecule has 5 heterocycles. The zero-order chi connectivity index (χ0) is 44.5. The van der Waals surface area contributed by atoms with Crippen LogP contribution in [-0.4, -0.2) is 161 Å². The molecule has 5 aliphatic heterocycles. The van der Waals surface area contributed by atoms with E-state index in [1.807, 2.05) is 13.8 Å². The van der Waals surface area contributed by atoms with Crippen molar-refractivity contribution in [2.75, 3.05) is 65.4 Å². The highest BCUT2D eigenvalue weighted by atomic mass is 31.2. The third-order valence-corrected chi connectivity index (χ3v) is 13.0. The molecular weight excluding hydrogens is 760 g/mol. The molecule has 0 bridgehead atoms. The summed E-state index contributed by atoms with van der Waals surface area (Å²) < 4.78 is 27.6. The van der Waals surface area contributed by atoms with Crippen LogP contribution in [0.3, 0.4) is 0 Å². The molecule has 6 fully saturated rings. The molecule has 0 spiro atoms. The van der Waals surface area contributed by atoms with E-state index in [-0.39, 0.29) is 36.3 Å². The number of alkyl halides is 1. The van der Waals surface area contributed by atoms with Crippen LogP contribution in [0.2, 0.25) is 0 Å². The molecule has 6 aliphatic rings. The van der Waals surface area contributed by atoms with Crippen molar-refractivity contribution in [3.05, 3.63) is 0 Å². The largest absolute Gasteiger partial charge is 0.469 e. The van der Waals surface area contributed by atoms with Crippen LogP contribution in [0.5, 0.6) is 0 Å². The Kier molecular flexibility index (Phi) is 26.0. The van der Waals surface area contributed by atoms with Gasteiger partial charge in [-0.2, -0.15) is 5.26 Å². The van der Waals surface area contributed by atoms with Crippen LogP contribution in [0.4, 0.5) is 4.39 Å². The van der Waals surface area contributed by atoms with Crippen LogP contribution < -0.4 is 22.5 Å². The summed E-state index contributed by atoms with van der Waals surface area (Å²) in [6.45, 7) is 34.2. The van der Waals surface area contributed by atoms with E-state index in [0.29, 0.717) is 50.3 Å². The molecule has 344 valence electrons. The summed E-state index contributed by atoms with van der Waals surface area (Å²) in [4.78, 5) is 25.5. The number of nitriles is 1. The fourth-order valence-electron chi connectivity index (χ4n) is 7.48. The minimum atomic E-state index is -4.27. The van der Waals surface area contributed by atoms with Gasteiger partial charge in [0.15, 0.2) is 0 Å². The molecule has 10 N–H and O–H groups in total. The average molecular weight is 850 g/mol. The Balaban J connectivity index is 0.000000351. The number of hydrogen-bond donors (Lipinski definition) is 7. The van der Waals surface area contributed by atoms with Gasteiger partial charge in [0.25, 0.3) is 0 Å². The lowest BCUT2D eigenvalue weighted by Gasteiger charge is -2.41. The summed E-state index contributed by atoms with van der Waals surface area (Å²) in [7, 11) is -4.27. The van der Waals surface area contributed by atoms with E-state index in [2.05, 4.69) is 105 Å². The predicted octanol–water partition coefficient (Wildman–Crippen LogP) is 3.83. The van der Waals surface area contributed by atoms with Crippen molar-refractivity contribution < 1.29 is 28.4 Å². The van der Waals surface area contributed by atoms with Crippen LogP contribution in [-0.2, 0) is 9.09 Å². The van der Waals surface area contributed by atoms with Crippen molar-refractivity contribution in [1.29, 1.82) is 5.26 Å². The smallest absolute Gasteiger partial charge is 0.390 e. The van der Waals surface area contributed by atoms with Gasteiger partial charge in [0.05, 0.1) is 24.2 Å². The molecular formula is C42H89FN9O5P. The van der Waals surface area contributed by atoms with E-state index >= 15 is 0 Å². The molecule has 6 atom stereocenters. The molecule has 16 heteroatoms. The van der Waals surface area contributed by atoms with Crippen LogP contribution in [0, 0.1) is 40.9 Å². The molecule has 14 nitrogen and oxygen atoms in total. The molecule has 1 aliphatic carbocycles. The third-order valence-electron chi connectivity index (χ3n) is 12.4. The second-order valence-corrected chi connectivity index (χ2v) is 20.4. The van der Waals surface area contributed by atoms with E-state index in [9.17, 15) is 14.1 Å². The average Bonchev–Trinajstić information content (AvgIpc) is 3.88. The van der Waals surface area contributed by atoms with Gasteiger partial charge >= 0.3 is 7.82 Å². The van der Waals surface area contributed by atoms with Gasteiger partial charge < -0.3 is 37.4 Å². The molecule has 0 aromatic heterocycles. The summed E-state index contributed by atoms with van der Waals surface area (Å²) in [5.74, 6) is 3.91. The summed E-state index contributed by atoms with van der Waals surface area (Å²) in [6, 6.07) is 3.85. The summed E-state index contributed by atoms with van der Waals surface area (Å²) in [6.07, 6.45) is 4.54. The molecule has 5 saturated heterocycles. The normalized spacial score (nSPS) is 28.8. The number of rotatable bonds is 8. The Morgan fingerprint density at radius 2 is 1.07 bits per heavy atom. The van der Waals surface area contributed by atoms with Gasteiger partial charge in [0, 0.05) is 94.7 Å². The lowest BCUT2D eigenvalue weighted by Crippen LogP contribution is -2.54. The van der Waals surface area contributed by atoms with Gasteiger partial charge in [-0.1, -0.05) is 53.4 Å². The second-order valence-electron chi connectivity index (χ2n) is 19.2. The minimum absolute atomic E-state index is 0.0393. The van der Waals surface area contributed by atoms with E-state index < -0.39 is 14.0 Å². The Bertz CT molecular complexity index is 1130. The van der Waals surface area contributed by atoms with Gasteiger partial charge in [-0.15, -0.1) is 0 Å². The van der Waals surface area contributed by atoms with Crippen molar-refractivity contribution in [2.45, 2.75) is 169 Å². The van der Waals surface area contributed by atoms with E-state index in [0.717, 1.165) is 49.9 Å². The molecule has 0 radical (unpaired) electrons. The number of phosphoric acid groups is 1. The zero-order valence-electron chi connectivity index (χ0n) is 38.5. The van der Waals surface area contributed by atoms with Crippen molar-refractivity contribution in [2.24, 2.45) is 46.8 Å². The number of aliphatic hydroxyl groups is 1. The number of β-amino-alcohol motifs (C(OH)–C–C–N with tert-alkyl or cyclic N) is 1. The third kappa shape index (κ3) is 21.3. The number of likely N-dealkylation sites (tertiary alicyclic amines) is 4. The number of aliphatic hydroxyl groups excluding tert-OH is 1. The van der Waals surface area contributed by atoms with Crippen molar-refractivity contribution >= 4 is 7.82 Å². The lowest BCUT2D eigenvalue weighted by atomic mass is 9.91. The zero-order valence-corrected chi connectivity index (χ0v) is 39.4. The first-order valence-corrected chi connectivity index (χ1v) is 23.8. The van der Waals surface area contributed by atoms with Gasteiger partial charge in [0.1, 0.15) is 6.17 Å². The number of nitrogens with zero attached hydrogens (tertiary/aromatic N) is 5. The van der Waals surface area contributed by atoms with Gasteiger partial charge in [-0.25, -0.2) is 8.96 Å². The fraction of sp³-hybridized carbons (Fsp3) is 0.976. The highest BCUT2D eigenvalue weighted by Gasteiger charge is 2.35. The Labute approximate surface area is 353 Å². The first-order valence-electron chi connectivity index (χ1n) is 22.3. The van der Waals surface area contributed by atoms with Crippen LogP contribution in [0.1, 0.15) is 109 Å². The monoisotopic (exact) mass is 850 g/mol. The highest BCUT2D eigenvalue weighted by Crippen LogP contribution is 2.39. The van der Waals surface area contributed by atoms with E-state index in [4.69, 9.17) is 32.2 Å². The first-order chi connectivity index (χ1) is 26.9. The summed E-state index contributed by atoms with van der Waals surface area (Å²) in [5.41, 5.74) is 16.9. The second kappa shape index (κ2) is 27.3. The number of halogens is 1.